The molecular weight excluding hydrogens is 116 g/mol. The molecule has 1 aliphatic heterocycles. The molecule has 2 heteroatoms. The number of allylic oxidation sites excluding steroid dienone is 2. The molecule has 50 valence electrons. The second-order valence-electron chi connectivity index (χ2n) is 2.15. The normalized spacial score (nSPS) is 20.3. The minimum atomic E-state index is -0.459. The number of hydrogen-bond donors (Lipinski definition) is 1. The third-order valence-electron chi connectivity index (χ3n) is 1.13. The Bertz CT molecular complexity index is 150. The lowest BCUT2D eigenvalue weighted by atomic mass is 10.2. The Labute approximate surface area is 54.5 Å². The van der Waals surface area contributed by atoms with Gasteiger partial charge in [0.1, 0.15) is 0 Å². The van der Waals surface area contributed by atoms with Crippen molar-refractivity contribution in [3.8, 4) is 0 Å². The lowest BCUT2D eigenvalue weighted by Gasteiger charge is -2.13. The van der Waals surface area contributed by atoms with E-state index in [4.69, 9.17) is 9.84 Å². The monoisotopic (exact) mass is 126 g/mol. The Morgan fingerprint density at radius 2 is 1.78 bits per heavy atom. The molecule has 0 radical (unpaired) electrons. The van der Waals surface area contributed by atoms with Crippen molar-refractivity contribution in [2.75, 3.05) is 0 Å². The molecule has 0 fully saturated rings. The van der Waals surface area contributed by atoms with E-state index in [9.17, 15) is 0 Å². The summed E-state index contributed by atoms with van der Waals surface area (Å²) in [6, 6.07) is 0. The molecule has 1 rings (SSSR count). The zero-order valence-corrected chi connectivity index (χ0v) is 5.59. The summed E-state index contributed by atoms with van der Waals surface area (Å²) in [5, 5.41) is 9.02. The second-order valence-corrected chi connectivity index (χ2v) is 2.15. The van der Waals surface area contributed by atoms with Gasteiger partial charge >= 0.3 is 0 Å². The van der Waals surface area contributed by atoms with Gasteiger partial charge in [-0.2, -0.15) is 0 Å². The summed E-state index contributed by atoms with van der Waals surface area (Å²) in [4.78, 5) is 0. The highest BCUT2D eigenvalue weighted by atomic mass is 16.5. The molecular formula is C7H10O2. The fourth-order valence-electron chi connectivity index (χ4n) is 0.851. The molecule has 2 nitrogen and oxygen atoms in total. The molecule has 0 unspecified atom stereocenters. The van der Waals surface area contributed by atoms with Gasteiger partial charge in [0.2, 0.25) is 0 Å². The lowest BCUT2D eigenvalue weighted by Crippen LogP contribution is -2.06. The van der Waals surface area contributed by atoms with Crippen LogP contribution < -0.4 is 0 Å². The highest BCUT2D eigenvalue weighted by Crippen LogP contribution is 2.12. The van der Waals surface area contributed by atoms with E-state index in [1.165, 1.54) is 0 Å². The molecule has 0 spiro atoms. The van der Waals surface area contributed by atoms with E-state index >= 15 is 0 Å². The van der Waals surface area contributed by atoms with Crippen LogP contribution in [0.1, 0.15) is 13.8 Å². The van der Waals surface area contributed by atoms with E-state index in [1.54, 1.807) is 12.2 Å². The standard InChI is InChI=1S/C7H10O2/c1-5-3-7(8)4-6(2)9-5/h3-4,7-8H,1-2H3. The Hall–Kier alpha value is -0.760. The Balaban J connectivity index is 2.69. The molecule has 0 aromatic carbocycles. The first-order chi connectivity index (χ1) is 4.18. The van der Waals surface area contributed by atoms with Crippen molar-refractivity contribution in [3.63, 3.8) is 0 Å². The summed E-state index contributed by atoms with van der Waals surface area (Å²) < 4.78 is 5.12. The smallest absolute Gasteiger partial charge is 0.0994 e. The molecule has 0 aromatic heterocycles. The molecule has 0 aromatic rings. The maximum atomic E-state index is 9.02. The van der Waals surface area contributed by atoms with Gasteiger partial charge in [0.05, 0.1) is 17.6 Å². The van der Waals surface area contributed by atoms with Gasteiger partial charge in [-0.3, -0.25) is 0 Å². The van der Waals surface area contributed by atoms with Crippen molar-refractivity contribution in [2.24, 2.45) is 0 Å². The third-order valence-corrected chi connectivity index (χ3v) is 1.13. The van der Waals surface area contributed by atoms with Crippen LogP contribution in [0.3, 0.4) is 0 Å². The molecule has 0 aliphatic carbocycles. The van der Waals surface area contributed by atoms with Gasteiger partial charge in [0, 0.05) is 0 Å². The van der Waals surface area contributed by atoms with Crippen molar-refractivity contribution < 1.29 is 9.84 Å². The minimum absolute atomic E-state index is 0.459. The van der Waals surface area contributed by atoms with E-state index in [0.29, 0.717) is 0 Å². The summed E-state index contributed by atoms with van der Waals surface area (Å²) in [6.45, 7) is 3.64. The molecule has 0 bridgehead atoms. The third kappa shape index (κ3) is 1.57. The SMILES string of the molecule is CC1=CC(O)C=C(C)O1. The van der Waals surface area contributed by atoms with Gasteiger partial charge in [-0.1, -0.05) is 0 Å². The lowest BCUT2D eigenvalue weighted by molar-refractivity contribution is 0.223. The van der Waals surface area contributed by atoms with Crippen LogP contribution in [-0.4, -0.2) is 11.2 Å². The average Bonchev–Trinajstić information content (AvgIpc) is 1.59. The zero-order chi connectivity index (χ0) is 6.85. The van der Waals surface area contributed by atoms with E-state index in [-0.39, 0.29) is 0 Å². The van der Waals surface area contributed by atoms with Gasteiger partial charge in [0.15, 0.2) is 0 Å². The summed E-state index contributed by atoms with van der Waals surface area (Å²) in [7, 11) is 0. The Kier molecular flexibility index (Phi) is 1.58. The van der Waals surface area contributed by atoms with Gasteiger partial charge in [-0.25, -0.2) is 0 Å². The minimum Gasteiger partial charge on any atom is -0.467 e. The van der Waals surface area contributed by atoms with Gasteiger partial charge < -0.3 is 9.84 Å². The Morgan fingerprint density at radius 3 is 2.11 bits per heavy atom. The molecule has 1 N–H and O–H groups in total. The maximum absolute atomic E-state index is 9.02. The van der Waals surface area contributed by atoms with Crippen LogP contribution in [0.4, 0.5) is 0 Å². The maximum Gasteiger partial charge on any atom is 0.0994 e. The number of rotatable bonds is 0. The van der Waals surface area contributed by atoms with Crippen LogP contribution in [0, 0.1) is 0 Å². The van der Waals surface area contributed by atoms with Gasteiger partial charge in [-0.05, 0) is 26.0 Å². The largest absolute Gasteiger partial charge is 0.467 e. The fourth-order valence-corrected chi connectivity index (χ4v) is 0.851. The zero-order valence-electron chi connectivity index (χ0n) is 5.59. The number of aliphatic hydroxyl groups is 1. The first-order valence-corrected chi connectivity index (χ1v) is 2.91. The highest BCUT2D eigenvalue weighted by Gasteiger charge is 2.05. The van der Waals surface area contributed by atoms with Gasteiger partial charge in [-0.15, -0.1) is 0 Å². The van der Waals surface area contributed by atoms with E-state index < -0.39 is 6.10 Å². The predicted octanol–water partition coefficient (Wildman–Crippen LogP) is 1.19. The average molecular weight is 126 g/mol. The number of aliphatic hydroxyl groups excluding tert-OH is 1. The van der Waals surface area contributed by atoms with E-state index in [0.717, 1.165) is 11.5 Å². The molecule has 1 heterocycles. The molecule has 1 aliphatic rings. The molecule has 0 atom stereocenters. The van der Waals surface area contributed by atoms with Crippen LogP contribution in [0.15, 0.2) is 23.7 Å². The predicted molar refractivity (Wildman–Crippen MR) is 34.6 cm³/mol. The summed E-state index contributed by atoms with van der Waals surface area (Å²) in [5.41, 5.74) is 0. The molecule has 9 heavy (non-hydrogen) atoms. The van der Waals surface area contributed by atoms with Crippen molar-refractivity contribution in [1.29, 1.82) is 0 Å². The van der Waals surface area contributed by atoms with Crippen LogP contribution in [0.25, 0.3) is 0 Å². The van der Waals surface area contributed by atoms with Crippen molar-refractivity contribution in [2.45, 2.75) is 20.0 Å². The quantitative estimate of drug-likeness (QED) is 0.528. The van der Waals surface area contributed by atoms with Crippen LogP contribution >= 0.6 is 0 Å². The van der Waals surface area contributed by atoms with Crippen LogP contribution in [0.2, 0.25) is 0 Å². The van der Waals surface area contributed by atoms with E-state index in [2.05, 4.69) is 0 Å². The summed E-state index contributed by atoms with van der Waals surface area (Å²) in [6.07, 6.45) is 2.86. The molecule has 0 saturated heterocycles. The number of hydrogen-bond acceptors (Lipinski definition) is 2. The van der Waals surface area contributed by atoms with Crippen molar-refractivity contribution in [1.82, 2.24) is 0 Å². The van der Waals surface area contributed by atoms with Crippen molar-refractivity contribution in [3.05, 3.63) is 23.7 Å². The molecule has 0 amide bonds. The Morgan fingerprint density at radius 1 is 1.33 bits per heavy atom. The first-order valence-electron chi connectivity index (χ1n) is 2.91. The topological polar surface area (TPSA) is 29.5 Å². The summed E-state index contributed by atoms with van der Waals surface area (Å²) >= 11 is 0. The fraction of sp³-hybridized carbons (Fsp3) is 0.429. The van der Waals surface area contributed by atoms with Gasteiger partial charge in [0.25, 0.3) is 0 Å². The summed E-state index contributed by atoms with van der Waals surface area (Å²) in [5.74, 6) is 1.53. The second kappa shape index (κ2) is 2.23. The number of ether oxygens (including phenoxy) is 1. The molecule has 0 saturated carbocycles. The van der Waals surface area contributed by atoms with E-state index in [1.807, 2.05) is 13.8 Å². The van der Waals surface area contributed by atoms with Crippen LogP contribution in [0.5, 0.6) is 0 Å². The first kappa shape index (κ1) is 6.36. The van der Waals surface area contributed by atoms with Crippen molar-refractivity contribution >= 4 is 0 Å². The van der Waals surface area contributed by atoms with Crippen LogP contribution in [-0.2, 0) is 4.74 Å². The highest BCUT2D eigenvalue weighted by molar-refractivity contribution is 5.13.